The second-order valence-corrected chi connectivity index (χ2v) is 5.65. The summed E-state index contributed by atoms with van der Waals surface area (Å²) >= 11 is 0. The van der Waals surface area contributed by atoms with E-state index in [-0.39, 0.29) is 36.0 Å². The molecule has 4 nitrogen and oxygen atoms in total. The third-order valence-corrected chi connectivity index (χ3v) is 3.93. The SMILES string of the molecule is CNCC(C)C(=O)NC1CCCc2cc(OC(F)F)ccc21.Cl. The van der Waals surface area contributed by atoms with Gasteiger partial charge >= 0.3 is 6.61 Å². The number of halogens is 3. The molecule has 0 bridgehead atoms. The summed E-state index contributed by atoms with van der Waals surface area (Å²) in [5.41, 5.74) is 1.97. The van der Waals surface area contributed by atoms with Crippen LogP contribution < -0.4 is 15.4 Å². The fraction of sp³-hybridized carbons (Fsp3) is 0.562. The third-order valence-electron chi connectivity index (χ3n) is 3.93. The van der Waals surface area contributed by atoms with Crippen molar-refractivity contribution in [3.63, 3.8) is 0 Å². The van der Waals surface area contributed by atoms with Crippen molar-refractivity contribution < 1.29 is 18.3 Å². The molecule has 2 rings (SSSR count). The molecule has 2 unspecified atom stereocenters. The Hall–Kier alpha value is -1.40. The van der Waals surface area contributed by atoms with Gasteiger partial charge in [-0.1, -0.05) is 13.0 Å². The van der Waals surface area contributed by atoms with Crippen LogP contribution in [0.4, 0.5) is 8.78 Å². The van der Waals surface area contributed by atoms with Crippen LogP contribution in [-0.4, -0.2) is 26.1 Å². The molecule has 23 heavy (non-hydrogen) atoms. The first-order valence-electron chi connectivity index (χ1n) is 7.54. The summed E-state index contributed by atoms with van der Waals surface area (Å²) in [6.07, 6.45) is 2.59. The molecular formula is C16H23ClF2N2O2. The van der Waals surface area contributed by atoms with Gasteiger partial charge in [-0.2, -0.15) is 8.78 Å². The summed E-state index contributed by atoms with van der Waals surface area (Å²) in [6, 6.07) is 4.90. The number of fused-ring (bicyclic) bond motifs is 1. The summed E-state index contributed by atoms with van der Waals surface area (Å²) in [7, 11) is 1.81. The smallest absolute Gasteiger partial charge is 0.387 e. The van der Waals surface area contributed by atoms with Crippen molar-refractivity contribution in [2.45, 2.75) is 38.8 Å². The van der Waals surface area contributed by atoms with Crippen LogP contribution in [0.5, 0.6) is 5.75 Å². The maximum atomic E-state index is 12.3. The van der Waals surface area contributed by atoms with Gasteiger partial charge in [-0.05, 0) is 49.6 Å². The van der Waals surface area contributed by atoms with E-state index in [9.17, 15) is 13.6 Å². The minimum Gasteiger partial charge on any atom is -0.435 e. The highest BCUT2D eigenvalue weighted by Crippen LogP contribution is 2.32. The molecule has 1 aromatic carbocycles. The van der Waals surface area contributed by atoms with Crippen LogP contribution in [0, 0.1) is 5.92 Å². The zero-order valence-electron chi connectivity index (χ0n) is 13.3. The van der Waals surface area contributed by atoms with Gasteiger partial charge in [0.25, 0.3) is 0 Å². The number of hydrogen-bond donors (Lipinski definition) is 2. The highest BCUT2D eigenvalue weighted by molar-refractivity contribution is 5.85. The van der Waals surface area contributed by atoms with Crippen LogP contribution in [0.3, 0.4) is 0 Å². The number of rotatable bonds is 6. The van der Waals surface area contributed by atoms with E-state index in [0.717, 1.165) is 30.4 Å². The highest BCUT2D eigenvalue weighted by atomic mass is 35.5. The third kappa shape index (κ3) is 5.32. The second-order valence-electron chi connectivity index (χ2n) is 5.65. The first-order valence-corrected chi connectivity index (χ1v) is 7.54. The first-order chi connectivity index (χ1) is 10.5. The number of alkyl halides is 2. The Morgan fingerprint density at radius 3 is 2.83 bits per heavy atom. The van der Waals surface area contributed by atoms with Crippen molar-refractivity contribution in [3.05, 3.63) is 29.3 Å². The van der Waals surface area contributed by atoms with Crippen LogP contribution in [0.1, 0.15) is 36.9 Å². The molecule has 130 valence electrons. The van der Waals surface area contributed by atoms with E-state index in [4.69, 9.17) is 0 Å². The summed E-state index contributed by atoms with van der Waals surface area (Å²) in [5.74, 6) is 0.0567. The first kappa shape index (κ1) is 19.6. The molecule has 1 aliphatic carbocycles. The van der Waals surface area contributed by atoms with Gasteiger partial charge in [-0.25, -0.2) is 0 Å². The number of carbonyl (C=O) groups is 1. The van der Waals surface area contributed by atoms with Gasteiger partial charge in [0.1, 0.15) is 5.75 Å². The van der Waals surface area contributed by atoms with Crippen LogP contribution in [0.2, 0.25) is 0 Å². The molecule has 0 saturated carbocycles. The number of benzene rings is 1. The molecule has 0 fully saturated rings. The lowest BCUT2D eigenvalue weighted by molar-refractivity contribution is -0.125. The molecule has 2 atom stereocenters. The van der Waals surface area contributed by atoms with Gasteiger partial charge in [0, 0.05) is 12.5 Å². The van der Waals surface area contributed by atoms with Gasteiger partial charge < -0.3 is 15.4 Å². The average molecular weight is 349 g/mol. The van der Waals surface area contributed by atoms with Gasteiger partial charge in [0.05, 0.1) is 6.04 Å². The van der Waals surface area contributed by atoms with Crippen molar-refractivity contribution in [2.75, 3.05) is 13.6 Å². The number of ether oxygens (including phenoxy) is 1. The Morgan fingerprint density at radius 1 is 1.43 bits per heavy atom. The van der Waals surface area contributed by atoms with Crippen molar-refractivity contribution in [3.8, 4) is 5.75 Å². The largest absolute Gasteiger partial charge is 0.435 e. The molecule has 2 N–H and O–H groups in total. The van der Waals surface area contributed by atoms with E-state index in [1.165, 1.54) is 6.07 Å². The minimum absolute atomic E-state index is 0. The quantitative estimate of drug-likeness (QED) is 0.830. The molecule has 0 saturated heterocycles. The summed E-state index contributed by atoms with van der Waals surface area (Å²) in [5, 5.41) is 6.03. The van der Waals surface area contributed by atoms with Gasteiger partial charge in [-0.15, -0.1) is 12.4 Å². The number of nitrogens with one attached hydrogen (secondary N) is 2. The van der Waals surface area contributed by atoms with E-state index in [2.05, 4.69) is 15.4 Å². The lowest BCUT2D eigenvalue weighted by Crippen LogP contribution is -2.37. The number of carbonyl (C=O) groups excluding carboxylic acids is 1. The second kappa shape index (κ2) is 9.03. The summed E-state index contributed by atoms with van der Waals surface area (Å²) in [6.45, 7) is -0.332. The van der Waals surface area contributed by atoms with E-state index in [0.29, 0.717) is 6.54 Å². The molecule has 1 amide bonds. The predicted octanol–water partition coefficient (Wildman–Crippen LogP) is 3.06. The standard InChI is InChI=1S/C16H22F2N2O2.ClH/c1-10(9-19-2)15(21)20-14-5-3-4-11-8-12(22-16(17)18)6-7-13(11)14;/h6-8,10,14,16,19H,3-5,9H2,1-2H3,(H,20,21);1H. The number of hydrogen-bond acceptors (Lipinski definition) is 3. The molecular weight excluding hydrogens is 326 g/mol. The van der Waals surface area contributed by atoms with Crippen molar-refractivity contribution in [2.24, 2.45) is 5.92 Å². The Bertz CT molecular complexity index is 529. The van der Waals surface area contributed by atoms with E-state index >= 15 is 0 Å². The van der Waals surface area contributed by atoms with Crippen LogP contribution in [0.25, 0.3) is 0 Å². The average Bonchev–Trinajstić information content (AvgIpc) is 2.46. The molecule has 0 spiro atoms. The molecule has 1 aromatic rings. The highest BCUT2D eigenvalue weighted by Gasteiger charge is 2.24. The Labute approximate surface area is 141 Å². The maximum Gasteiger partial charge on any atom is 0.387 e. The van der Waals surface area contributed by atoms with E-state index < -0.39 is 6.61 Å². The molecule has 0 aliphatic heterocycles. The van der Waals surface area contributed by atoms with E-state index in [1.54, 1.807) is 12.1 Å². The Kier molecular flexibility index (Phi) is 7.72. The molecule has 0 radical (unpaired) electrons. The summed E-state index contributed by atoms with van der Waals surface area (Å²) in [4.78, 5) is 12.1. The normalized spacial score (nSPS) is 17.9. The van der Waals surface area contributed by atoms with Crippen molar-refractivity contribution >= 4 is 18.3 Å². The topological polar surface area (TPSA) is 50.4 Å². The Balaban J connectivity index is 0.00000264. The molecule has 0 heterocycles. The minimum atomic E-state index is -2.82. The number of aryl methyl sites for hydroxylation is 1. The van der Waals surface area contributed by atoms with Gasteiger partial charge in [-0.3, -0.25) is 4.79 Å². The van der Waals surface area contributed by atoms with E-state index in [1.807, 2.05) is 14.0 Å². The van der Waals surface area contributed by atoms with Gasteiger partial charge in [0.2, 0.25) is 5.91 Å². The number of amides is 1. The fourth-order valence-corrected chi connectivity index (χ4v) is 2.83. The lowest BCUT2D eigenvalue weighted by Gasteiger charge is -2.28. The van der Waals surface area contributed by atoms with Crippen LogP contribution in [-0.2, 0) is 11.2 Å². The van der Waals surface area contributed by atoms with Crippen LogP contribution in [0.15, 0.2) is 18.2 Å². The molecule has 7 heteroatoms. The van der Waals surface area contributed by atoms with Gasteiger partial charge in [0.15, 0.2) is 0 Å². The molecule has 1 aliphatic rings. The van der Waals surface area contributed by atoms with Crippen molar-refractivity contribution in [1.29, 1.82) is 0 Å². The zero-order chi connectivity index (χ0) is 16.1. The van der Waals surface area contributed by atoms with Crippen LogP contribution >= 0.6 is 12.4 Å². The fourth-order valence-electron chi connectivity index (χ4n) is 2.83. The Morgan fingerprint density at radius 2 is 2.17 bits per heavy atom. The summed E-state index contributed by atoms with van der Waals surface area (Å²) < 4.78 is 29.0. The lowest BCUT2D eigenvalue weighted by atomic mass is 9.87. The zero-order valence-corrected chi connectivity index (χ0v) is 14.1. The van der Waals surface area contributed by atoms with Crippen molar-refractivity contribution in [1.82, 2.24) is 10.6 Å². The monoisotopic (exact) mass is 348 g/mol. The maximum absolute atomic E-state index is 12.3. The molecule has 0 aromatic heterocycles. The predicted molar refractivity (Wildman–Crippen MR) is 87.2 cm³/mol.